The van der Waals surface area contributed by atoms with E-state index in [4.69, 9.17) is 0 Å². The highest BCUT2D eigenvalue weighted by Crippen LogP contribution is 2.27. The van der Waals surface area contributed by atoms with Crippen LogP contribution in [-0.4, -0.2) is 57.5 Å². The Morgan fingerprint density at radius 1 is 1.00 bits per heavy atom. The van der Waals surface area contributed by atoms with Gasteiger partial charge in [0.2, 0.25) is 20.0 Å². The Morgan fingerprint density at radius 2 is 1.62 bits per heavy atom. The van der Waals surface area contributed by atoms with E-state index >= 15 is 0 Å². The SMILES string of the molecule is CCN(CC)S(=O)(=O)c1ccc(CNC(=O)c2sccc2S(=O)(=O)N2CCCCC2)cc1. The van der Waals surface area contributed by atoms with E-state index in [9.17, 15) is 21.6 Å². The van der Waals surface area contributed by atoms with E-state index in [-0.39, 0.29) is 21.2 Å². The second-order valence-electron chi connectivity index (χ2n) is 7.49. The van der Waals surface area contributed by atoms with Gasteiger partial charge < -0.3 is 5.32 Å². The van der Waals surface area contributed by atoms with E-state index < -0.39 is 26.0 Å². The number of carbonyl (C=O) groups excluding carboxylic acids is 1. The maximum absolute atomic E-state index is 13.0. The molecule has 1 fully saturated rings. The Morgan fingerprint density at radius 3 is 2.22 bits per heavy atom. The Kier molecular flexibility index (Phi) is 8.10. The van der Waals surface area contributed by atoms with Gasteiger partial charge in [0.1, 0.15) is 9.77 Å². The van der Waals surface area contributed by atoms with E-state index in [0.717, 1.165) is 30.6 Å². The molecule has 0 unspecified atom stereocenters. The van der Waals surface area contributed by atoms with Crippen molar-refractivity contribution in [3.8, 4) is 0 Å². The van der Waals surface area contributed by atoms with Gasteiger partial charge in [-0.05, 0) is 42.0 Å². The molecule has 1 aromatic carbocycles. The summed E-state index contributed by atoms with van der Waals surface area (Å²) >= 11 is 1.09. The van der Waals surface area contributed by atoms with Crippen molar-refractivity contribution in [3.05, 3.63) is 46.2 Å². The standard InChI is InChI=1S/C21H29N3O5S3/c1-3-23(4-2)31(26,27)18-10-8-17(9-11-18)16-22-21(25)20-19(12-15-30-20)32(28,29)24-13-6-5-7-14-24/h8-12,15H,3-7,13-14,16H2,1-2H3,(H,22,25). The van der Waals surface area contributed by atoms with Crippen molar-refractivity contribution in [2.45, 2.75) is 49.4 Å². The quantitative estimate of drug-likeness (QED) is 0.571. The Balaban J connectivity index is 1.69. The topological polar surface area (TPSA) is 104 Å². The molecule has 0 aliphatic carbocycles. The number of carbonyl (C=O) groups is 1. The van der Waals surface area contributed by atoms with Crippen LogP contribution in [0.15, 0.2) is 45.5 Å². The number of thiophene rings is 1. The van der Waals surface area contributed by atoms with Crippen molar-refractivity contribution >= 4 is 37.3 Å². The molecular formula is C21H29N3O5S3. The predicted molar refractivity (Wildman–Crippen MR) is 125 cm³/mol. The lowest BCUT2D eigenvalue weighted by molar-refractivity contribution is 0.0951. The van der Waals surface area contributed by atoms with Crippen molar-refractivity contribution in [2.75, 3.05) is 26.2 Å². The minimum absolute atomic E-state index is 0.0440. The van der Waals surface area contributed by atoms with Gasteiger partial charge in [-0.2, -0.15) is 8.61 Å². The lowest BCUT2D eigenvalue weighted by atomic mass is 10.2. The summed E-state index contributed by atoms with van der Waals surface area (Å²) in [6.45, 7) is 5.46. The summed E-state index contributed by atoms with van der Waals surface area (Å²) in [6, 6.07) is 7.82. The smallest absolute Gasteiger partial charge is 0.263 e. The molecule has 1 N–H and O–H groups in total. The third kappa shape index (κ3) is 5.23. The Hall–Kier alpha value is -1.79. The molecule has 0 radical (unpaired) electrons. The molecule has 0 bridgehead atoms. The van der Waals surface area contributed by atoms with E-state index in [1.54, 1.807) is 31.4 Å². The van der Waals surface area contributed by atoms with Gasteiger partial charge in [-0.1, -0.05) is 32.4 Å². The third-order valence-electron chi connectivity index (χ3n) is 5.49. The highest BCUT2D eigenvalue weighted by molar-refractivity contribution is 7.89. The minimum Gasteiger partial charge on any atom is -0.347 e. The molecule has 11 heteroatoms. The first-order valence-electron chi connectivity index (χ1n) is 10.7. The number of nitrogens with zero attached hydrogens (tertiary/aromatic N) is 2. The molecule has 2 aromatic rings. The van der Waals surface area contributed by atoms with Gasteiger partial charge in [0.25, 0.3) is 5.91 Å². The molecule has 0 spiro atoms. The maximum atomic E-state index is 13.0. The fraction of sp³-hybridized carbons (Fsp3) is 0.476. The number of hydrogen-bond donors (Lipinski definition) is 1. The highest BCUT2D eigenvalue weighted by atomic mass is 32.2. The number of hydrogen-bond acceptors (Lipinski definition) is 6. The molecule has 1 aliphatic rings. The molecule has 1 aromatic heterocycles. The van der Waals surface area contributed by atoms with Crippen molar-refractivity contribution in [1.29, 1.82) is 0 Å². The van der Waals surface area contributed by atoms with Crippen LogP contribution in [0.3, 0.4) is 0 Å². The molecule has 2 heterocycles. The van der Waals surface area contributed by atoms with Crippen LogP contribution in [0.4, 0.5) is 0 Å². The zero-order valence-corrected chi connectivity index (χ0v) is 20.7. The van der Waals surface area contributed by atoms with Crippen LogP contribution in [0, 0.1) is 0 Å². The third-order valence-corrected chi connectivity index (χ3v) is 10.5. The van der Waals surface area contributed by atoms with Crippen LogP contribution < -0.4 is 5.32 Å². The normalized spacial score (nSPS) is 15.7. The molecule has 32 heavy (non-hydrogen) atoms. The minimum atomic E-state index is -3.70. The lowest BCUT2D eigenvalue weighted by Gasteiger charge is -2.25. The number of piperidine rings is 1. The van der Waals surface area contributed by atoms with E-state index in [0.29, 0.717) is 31.7 Å². The summed E-state index contributed by atoms with van der Waals surface area (Å²) in [7, 11) is -7.24. The van der Waals surface area contributed by atoms with Gasteiger partial charge in [-0.15, -0.1) is 11.3 Å². The highest BCUT2D eigenvalue weighted by Gasteiger charge is 2.31. The van der Waals surface area contributed by atoms with E-state index in [1.807, 2.05) is 0 Å². The van der Waals surface area contributed by atoms with Crippen LogP contribution in [0.5, 0.6) is 0 Å². The predicted octanol–water partition coefficient (Wildman–Crippen LogP) is 2.88. The second kappa shape index (κ2) is 10.4. The first kappa shape index (κ1) is 24.8. The average Bonchev–Trinajstić information content (AvgIpc) is 3.30. The molecule has 0 saturated carbocycles. The van der Waals surface area contributed by atoms with Crippen molar-refractivity contribution in [1.82, 2.24) is 13.9 Å². The molecule has 1 saturated heterocycles. The van der Waals surface area contributed by atoms with Crippen LogP contribution in [0.2, 0.25) is 0 Å². The van der Waals surface area contributed by atoms with E-state index in [2.05, 4.69) is 5.32 Å². The molecule has 1 amide bonds. The first-order valence-corrected chi connectivity index (χ1v) is 14.4. The summed E-state index contributed by atoms with van der Waals surface area (Å²) < 4.78 is 54.0. The van der Waals surface area contributed by atoms with Gasteiger partial charge in [0.15, 0.2) is 0 Å². The maximum Gasteiger partial charge on any atom is 0.263 e. The number of benzene rings is 1. The lowest BCUT2D eigenvalue weighted by Crippen LogP contribution is -2.36. The summed E-state index contributed by atoms with van der Waals surface area (Å²) in [4.78, 5) is 13.1. The molecule has 1 aliphatic heterocycles. The monoisotopic (exact) mass is 499 g/mol. The molecule has 0 atom stereocenters. The fourth-order valence-corrected chi connectivity index (χ4v) is 7.96. The van der Waals surface area contributed by atoms with Crippen molar-refractivity contribution in [2.24, 2.45) is 0 Å². The van der Waals surface area contributed by atoms with Crippen LogP contribution in [0.25, 0.3) is 0 Å². The van der Waals surface area contributed by atoms with Crippen LogP contribution >= 0.6 is 11.3 Å². The molecule has 176 valence electrons. The van der Waals surface area contributed by atoms with Gasteiger partial charge >= 0.3 is 0 Å². The first-order chi connectivity index (χ1) is 15.2. The van der Waals surface area contributed by atoms with Gasteiger partial charge in [-0.25, -0.2) is 16.8 Å². The largest absolute Gasteiger partial charge is 0.347 e. The summed E-state index contributed by atoms with van der Waals surface area (Å²) in [5, 5.41) is 4.36. The number of rotatable bonds is 9. The molecular weight excluding hydrogens is 470 g/mol. The summed E-state index contributed by atoms with van der Waals surface area (Å²) in [5.74, 6) is -0.463. The van der Waals surface area contributed by atoms with Crippen LogP contribution in [-0.2, 0) is 26.6 Å². The summed E-state index contributed by atoms with van der Waals surface area (Å²) in [5.41, 5.74) is 0.717. The van der Waals surface area contributed by atoms with Crippen LogP contribution in [0.1, 0.15) is 48.3 Å². The zero-order valence-electron chi connectivity index (χ0n) is 18.3. The van der Waals surface area contributed by atoms with Gasteiger partial charge in [-0.3, -0.25) is 4.79 Å². The number of nitrogens with one attached hydrogen (secondary N) is 1. The fourth-order valence-electron chi connectivity index (χ4n) is 3.66. The second-order valence-corrected chi connectivity index (χ2v) is 12.3. The van der Waals surface area contributed by atoms with Crippen molar-refractivity contribution in [3.63, 3.8) is 0 Å². The van der Waals surface area contributed by atoms with Crippen molar-refractivity contribution < 1.29 is 21.6 Å². The Labute approximate surface area is 194 Å². The van der Waals surface area contributed by atoms with Gasteiger partial charge in [0, 0.05) is 32.7 Å². The molecule has 8 nitrogen and oxygen atoms in total. The number of sulfonamides is 2. The zero-order chi connectivity index (χ0) is 23.4. The van der Waals surface area contributed by atoms with Gasteiger partial charge in [0.05, 0.1) is 4.90 Å². The molecule has 3 rings (SSSR count). The van der Waals surface area contributed by atoms with E-state index in [1.165, 1.54) is 26.8 Å². The summed E-state index contributed by atoms with van der Waals surface area (Å²) in [6.07, 6.45) is 2.66. The number of amides is 1. The average molecular weight is 500 g/mol. The Bertz CT molecular complexity index is 1130.